The van der Waals surface area contributed by atoms with Gasteiger partial charge in [-0.2, -0.15) is 0 Å². The summed E-state index contributed by atoms with van der Waals surface area (Å²) in [4.78, 5) is 2.16. The number of hydrogen-bond donors (Lipinski definition) is 1. The number of nitrogens with two attached hydrogens (primary N) is 1. The number of ether oxygens (including phenoxy) is 1. The molecule has 3 nitrogen and oxygen atoms in total. The monoisotopic (exact) mass is 232 g/mol. The molecule has 1 aliphatic heterocycles. The predicted molar refractivity (Wildman–Crippen MR) is 70.8 cm³/mol. The highest BCUT2D eigenvalue weighted by Crippen LogP contribution is 2.30. The summed E-state index contributed by atoms with van der Waals surface area (Å²) in [7, 11) is 4.13. The zero-order valence-corrected chi connectivity index (χ0v) is 10.5. The van der Waals surface area contributed by atoms with Crippen LogP contribution < -0.4 is 10.5 Å². The lowest BCUT2D eigenvalue weighted by Crippen LogP contribution is -2.45. The van der Waals surface area contributed by atoms with Crippen LogP contribution in [0.4, 0.5) is 0 Å². The summed E-state index contributed by atoms with van der Waals surface area (Å²) < 4.78 is 5.87. The molecule has 1 atom stereocenters. The Bertz CT molecular complexity index is 414. The van der Waals surface area contributed by atoms with Crippen LogP contribution in [0.2, 0.25) is 0 Å². The second-order valence-electron chi connectivity index (χ2n) is 4.84. The van der Waals surface area contributed by atoms with Crippen LogP contribution >= 0.6 is 0 Å². The summed E-state index contributed by atoms with van der Waals surface area (Å²) in [6.07, 6.45) is 5.87. The van der Waals surface area contributed by atoms with Crippen molar-refractivity contribution in [1.29, 1.82) is 0 Å². The van der Waals surface area contributed by atoms with E-state index >= 15 is 0 Å². The van der Waals surface area contributed by atoms with Gasteiger partial charge in [0.2, 0.25) is 0 Å². The Balaban J connectivity index is 2.01. The number of fused-ring (bicyclic) bond motifs is 1. The first-order valence-electron chi connectivity index (χ1n) is 6.00. The molecule has 0 saturated carbocycles. The first kappa shape index (κ1) is 12.1. The maximum absolute atomic E-state index is 6.23. The van der Waals surface area contributed by atoms with E-state index in [1.54, 1.807) is 0 Å². The van der Waals surface area contributed by atoms with Gasteiger partial charge < -0.3 is 9.64 Å². The largest absolute Gasteiger partial charge is 0.469 e. The third-order valence-electron chi connectivity index (χ3n) is 2.94. The second-order valence-corrected chi connectivity index (χ2v) is 4.84. The van der Waals surface area contributed by atoms with E-state index < -0.39 is 5.72 Å². The minimum Gasteiger partial charge on any atom is -0.469 e. The minimum absolute atomic E-state index is 0.648. The summed E-state index contributed by atoms with van der Waals surface area (Å²) in [6.45, 7) is 1.03. The molecule has 2 N–H and O–H groups in total. The standard InChI is InChI=1S/C14H20N2O/c1-16(2)11-5-9-14(15)10-8-12-6-3-4-7-13(12)17-14/h3-4,6-8,10H,5,9,11,15H2,1-2H3. The molecule has 17 heavy (non-hydrogen) atoms. The molecule has 92 valence electrons. The molecule has 0 aliphatic carbocycles. The summed E-state index contributed by atoms with van der Waals surface area (Å²) in [6, 6.07) is 7.97. The topological polar surface area (TPSA) is 38.5 Å². The van der Waals surface area contributed by atoms with Gasteiger partial charge in [0.1, 0.15) is 5.75 Å². The van der Waals surface area contributed by atoms with Crippen LogP contribution in [-0.2, 0) is 0 Å². The molecule has 3 heteroatoms. The first-order valence-corrected chi connectivity index (χ1v) is 6.00. The molecule has 0 fully saturated rings. The molecular formula is C14H20N2O. The number of nitrogens with zero attached hydrogens (tertiary/aromatic N) is 1. The van der Waals surface area contributed by atoms with Gasteiger partial charge in [0.05, 0.1) is 0 Å². The molecule has 0 bridgehead atoms. The van der Waals surface area contributed by atoms with Gasteiger partial charge in [-0.25, -0.2) is 0 Å². The third kappa shape index (κ3) is 3.08. The van der Waals surface area contributed by atoms with Crippen LogP contribution in [0.1, 0.15) is 18.4 Å². The Labute approximate surface area is 103 Å². The van der Waals surface area contributed by atoms with Gasteiger partial charge in [0, 0.05) is 12.0 Å². The normalized spacial score (nSPS) is 22.4. The molecule has 0 amide bonds. The van der Waals surface area contributed by atoms with E-state index in [0.29, 0.717) is 0 Å². The van der Waals surface area contributed by atoms with Crippen LogP contribution in [0, 0.1) is 0 Å². The van der Waals surface area contributed by atoms with Gasteiger partial charge in [-0.05, 0) is 45.3 Å². The van der Waals surface area contributed by atoms with Crippen molar-refractivity contribution in [2.24, 2.45) is 5.73 Å². The van der Waals surface area contributed by atoms with Gasteiger partial charge in [-0.1, -0.05) is 18.2 Å². The summed E-state index contributed by atoms with van der Waals surface area (Å²) in [5.74, 6) is 0.877. The smallest absolute Gasteiger partial charge is 0.178 e. The Hall–Kier alpha value is -1.32. The molecule has 1 aliphatic rings. The number of para-hydroxylation sites is 1. The van der Waals surface area contributed by atoms with Gasteiger partial charge >= 0.3 is 0 Å². The molecule has 1 heterocycles. The lowest BCUT2D eigenvalue weighted by Gasteiger charge is -2.31. The quantitative estimate of drug-likeness (QED) is 0.864. The SMILES string of the molecule is CN(C)CCCC1(N)C=Cc2ccccc2O1. The lowest BCUT2D eigenvalue weighted by atomic mass is 10.0. The van der Waals surface area contributed by atoms with E-state index in [4.69, 9.17) is 10.5 Å². The molecule has 2 rings (SSSR count). The van der Waals surface area contributed by atoms with Crippen molar-refractivity contribution in [3.63, 3.8) is 0 Å². The molecule has 0 aromatic heterocycles. The average Bonchev–Trinajstić information content (AvgIpc) is 2.28. The van der Waals surface area contributed by atoms with Crippen LogP contribution in [0.25, 0.3) is 6.08 Å². The zero-order chi connectivity index (χ0) is 12.3. The molecule has 0 radical (unpaired) electrons. The summed E-state index contributed by atoms with van der Waals surface area (Å²) >= 11 is 0. The van der Waals surface area contributed by atoms with E-state index in [0.717, 1.165) is 30.7 Å². The fourth-order valence-corrected chi connectivity index (χ4v) is 1.99. The number of benzene rings is 1. The molecule has 1 aromatic rings. The van der Waals surface area contributed by atoms with Crippen molar-refractivity contribution >= 4 is 6.08 Å². The van der Waals surface area contributed by atoms with Crippen molar-refractivity contribution in [2.75, 3.05) is 20.6 Å². The highest BCUT2D eigenvalue weighted by atomic mass is 16.5. The van der Waals surface area contributed by atoms with Crippen molar-refractivity contribution in [3.8, 4) is 5.75 Å². The predicted octanol–water partition coefficient (Wildman–Crippen LogP) is 2.09. The summed E-state index contributed by atoms with van der Waals surface area (Å²) in [5, 5.41) is 0. The molecule has 0 spiro atoms. The van der Waals surface area contributed by atoms with E-state index in [-0.39, 0.29) is 0 Å². The van der Waals surface area contributed by atoms with E-state index in [9.17, 15) is 0 Å². The second kappa shape index (κ2) is 4.90. The van der Waals surface area contributed by atoms with E-state index in [1.807, 2.05) is 30.3 Å². The Morgan fingerprint density at radius 3 is 2.82 bits per heavy atom. The van der Waals surface area contributed by atoms with Gasteiger partial charge in [0.25, 0.3) is 0 Å². The summed E-state index contributed by atoms with van der Waals surface area (Å²) in [5.41, 5.74) is 6.68. The fourth-order valence-electron chi connectivity index (χ4n) is 1.99. The minimum atomic E-state index is -0.648. The van der Waals surface area contributed by atoms with Crippen LogP contribution in [0.5, 0.6) is 5.75 Å². The van der Waals surface area contributed by atoms with Crippen molar-refractivity contribution in [3.05, 3.63) is 35.9 Å². The van der Waals surface area contributed by atoms with E-state index in [1.165, 1.54) is 0 Å². The third-order valence-corrected chi connectivity index (χ3v) is 2.94. The Morgan fingerprint density at radius 1 is 1.29 bits per heavy atom. The molecule has 1 aromatic carbocycles. The lowest BCUT2D eigenvalue weighted by molar-refractivity contribution is 0.109. The Kier molecular flexibility index (Phi) is 3.50. The van der Waals surface area contributed by atoms with Crippen LogP contribution in [0.3, 0.4) is 0 Å². The highest BCUT2D eigenvalue weighted by Gasteiger charge is 2.27. The highest BCUT2D eigenvalue weighted by molar-refractivity contribution is 5.60. The van der Waals surface area contributed by atoms with Crippen LogP contribution in [0.15, 0.2) is 30.3 Å². The number of rotatable bonds is 4. The molecule has 1 unspecified atom stereocenters. The number of hydrogen-bond acceptors (Lipinski definition) is 3. The Morgan fingerprint density at radius 2 is 2.06 bits per heavy atom. The van der Waals surface area contributed by atoms with E-state index in [2.05, 4.69) is 25.1 Å². The maximum Gasteiger partial charge on any atom is 0.178 e. The fraction of sp³-hybridized carbons (Fsp3) is 0.429. The van der Waals surface area contributed by atoms with Crippen molar-refractivity contribution in [2.45, 2.75) is 18.6 Å². The van der Waals surface area contributed by atoms with Crippen molar-refractivity contribution < 1.29 is 4.74 Å². The molecular weight excluding hydrogens is 212 g/mol. The first-order chi connectivity index (χ1) is 8.09. The zero-order valence-electron chi connectivity index (χ0n) is 10.5. The van der Waals surface area contributed by atoms with Crippen LogP contribution in [-0.4, -0.2) is 31.3 Å². The van der Waals surface area contributed by atoms with Crippen molar-refractivity contribution in [1.82, 2.24) is 4.90 Å². The molecule has 0 saturated heterocycles. The van der Waals surface area contributed by atoms with Gasteiger partial charge in [-0.3, -0.25) is 5.73 Å². The van der Waals surface area contributed by atoms with Gasteiger partial charge in [-0.15, -0.1) is 0 Å². The van der Waals surface area contributed by atoms with Gasteiger partial charge in [0.15, 0.2) is 5.72 Å². The maximum atomic E-state index is 6.23. The average molecular weight is 232 g/mol.